The summed E-state index contributed by atoms with van der Waals surface area (Å²) in [5.41, 5.74) is -0.661. The quantitative estimate of drug-likeness (QED) is 0.748. The summed E-state index contributed by atoms with van der Waals surface area (Å²) in [6, 6.07) is 1.16. The summed E-state index contributed by atoms with van der Waals surface area (Å²) in [5, 5.41) is 12.5. The normalized spacial score (nSPS) is 30.6. The molecule has 0 bridgehead atoms. The SMILES string of the molecule is CC(C)(CNC1CCN2CCCC12)C(=O)O. The van der Waals surface area contributed by atoms with Gasteiger partial charge in [0.15, 0.2) is 0 Å². The van der Waals surface area contributed by atoms with Crippen LogP contribution in [0.4, 0.5) is 0 Å². The van der Waals surface area contributed by atoms with E-state index < -0.39 is 11.4 Å². The van der Waals surface area contributed by atoms with E-state index in [1.54, 1.807) is 13.8 Å². The third kappa shape index (κ3) is 2.23. The number of rotatable bonds is 4. The fraction of sp³-hybridized carbons (Fsp3) is 0.917. The molecule has 2 atom stereocenters. The van der Waals surface area contributed by atoms with Gasteiger partial charge < -0.3 is 10.4 Å². The maximum Gasteiger partial charge on any atom is 0.310 e. The molecule has 0 spiro atoms. The zero-order valence-electron chi connectivity index (χ0n) is 10.2. The topological polar surface area (TPSA) is 52.6 Å². The Morgan fingerprint density at radius 3 is 2.88 bits per heavy atom. The number of nitrogens with one attached hydrogen (secondary N) is 1. The summed E-state index contributed by atoms with van der Waals surface area (Å²) in [6.07, 6.45) is 3.73. The zero-order chi connectivity index (χ0) is 11.8. The van der Waals surface area contributed by atoms with Gasteiger partial charge >= 0.3 is 5.97 Å². The molecule has 2 N–H and O–H groups in total. The van der Waals surface area contributed by atoms with E-state index in [1.807, 2.05) is 0 Å². The lowest BCUT2D eigenvalue weighted by Crippen LogP contribution is -2.45. The Morgan fingerprint density at radius 2 is 2.19 bits per heavy atom. The Hall–Kier alpha value is -0.610. The third-order valence-corrected chi connectivity index (χ3v) is 3.99. The Kier molecular flexibility index (Phi) is 3.22. The number of carboxylic acid groups (broad SMARTS) is 1. The number of fused-ring (bicyclic) bond motifs is 1. The van der Waals surface area contributed by atoms with Crippen molar-refractivity contribution < 1.29 is 9.90 Å². The van der Waals surface area contributed by atoms with Crippen molar-refractivity contribution in [2.24, 2.45) is 5.41 Å². The first-order valence-corrected chi connectivity index (χ1v) is 6.21. The molecular formula is C12H22N2O2. The number of hydrogen-bond acceptors (Lipinski definition) is 3. The van der Waals surface area contributed by atoms with Gasteiger partial charge in [0.25, 0.3) is 0 Å². The predicted octanol–water partition coefficient (Wildman–Crippen LogP) is 0.923. The van der Waals surface area contributed by atoms with Crippen LogP contribution in [0.15, 0.2) is 0 Å². The number of nitrogens with zero attached hydrogens (tertiary/aromatic N) is 1. The molecule has 0 saturated carbocycles. The molecule has 4 heteroatoms. The molecule has 2 fully saturated rings. The fourth-order valence-electron chi connectivity index (χ4n) is 2.78. The lowest BCUT2D eigenvalue weighted by molar-refractivity contribution is -0.146. The zero-order valence-corrected chi connectivity index (χ0v) is 10.2. The molecule has 0 aromatic heterocycles. The number of carbonyl (C=O) groups is 1. The van der Waals surface area contributed by atoms with E-state index in [2.05, 4.69) is 10.2 Å². The molecule has 16 heavy (non-hydrogen) atoms. The van der Waals surface area contributed by atoms with Crippen LogP contribution in [0, 0.1) is 5.41 Å². The van der Waals surface area contributed by atoms with Crippen molar-refractivity contribution in [3.05, 3.63) is 0 Å². The van der Waals surface area contributed by atoms with E-state index in [0.29, 0.717) is 18.6 Å². The highest BCUT2D eigenvalue weighted by molar-refractivity contribution is 5.73. The summed E-state index contributed by atoms with van der Waals surface area (Å²) in [4.78, 5) is 13.5. The highest BCUT2D eigenvalue weighted by atomic mass is 16.4. The molecule has 0 aromatic carbocycles. The molecule has 0 aromatic rings. The molecule has 4 nitrogen and oxygen atoms in total. The first-order valence-electron chi connectivity index (χ1n) is 6.21. The Bertz CT molecular complexity index is 278. The molecular weight excluding hydrogens is 204 g/mol. The Balaban J connectivity index is 1.84. The maximum absolute atomic E-state index is 11.0. The Morgan fingerprint density at radius 1 is 1.44 bits per heavy atom. The van der Waals surface area contributed by atoms with E-state index in [4.69, 9.17) is 5.11 Å². The van der Waals surface area contributed by atoms with E-state index in [9.17, 15) is 4.79 Å². The molecule has 0 radical (unpaired) electrons. The van der Waals surface area contributed by atoms with Gasteiger partial charge in [-0.2, -0.15) is 0 Å². The van der Waals surface area contributed by atoms with Gasteiger partial charge in [0, 0.05) is 25.2 Å². The monoisotopic (exact) mass is 226 g/mol. The molecule has 2 aliphatic rings. The third-order valence-electron chi connectivity index (χ3n) is 3.99. The van der Waals surface area contributed by atoms with Crippen LogP contribution in [0.5, 0.6) is 0 Å². The number of carboxylic acids is 1. The Labute approximate surface area is 97.0 Å². The van der Waals surface area contributed by atoms with Gasteiger partial charge in [0.05, 0.1) is 5.41 Å². The average molecular weight is 226 g/mol. The molecule has 2 saturated heterocycles. The molecule has 2 rings (SSSR count). The predicted molar refractivity (Wildman–Crippen MR) is 62.4 cm³/mol. The van der Waals surface area contributed by atoms with Crippen molar-refractivity contribution in [3.63, 3.8) is 0 Å². The largest absolute Gasteiger partial charge is 0.481 e. The summed E-state index contributed by atoms with van der Waals surface area (Å²) < 4.78 is 0. The first-order chi connectivity index (χ1) is 7.50. The summed E-state index contributed by atoms with van der Waals surface area (Å²) in [6.45, 7) is 6.53. The van der Waals surface area contributed by atoms with Crippen LogP contribution >= 0.6 is 0 Å². The second-order valence-corrected chi connectivity index (χ2v) is 5.71. The van der Waals surface area contributed by atoms with Crippen molar-refractivity contribution in [3.8, 4) is 0 Å². The van der Waals surface area contributed by atoms with Gasteiger partial charge in [-0.05, 0) is 39.7 Å². The molecule has 92 valence electrons. The molecule has 2 heterocycles. The highest BCUT2D eigenvalue weighted by Crippen LogP contribution is 2.28. The highest BCUT2D eigenvalue weighted by Gasteiger charge is 2.38. The van der Waals surface area contributed by atoms with E-state index >= 15 is 0 Å². The van der Waals surface area contributed by atoms with Crippen LogP contribution in [0.2, 0.25) is 0 Å². The van der Waals surface area contributed by atoms with Crippen LogP contribution in [0.3, 0.4) is 0 Å². The average Bonchev–Trinajstić information content (AvgIpc) is 2.76. The van der Waals surface area contributed by atoms with Crippen molar-refractivity contribution in [2.75, 3.05) is 19.6 Å². The van der Waals surface area contributed by atoms with Crippen LogP contribution in [-0.4, -0.2) is 47.7 Å². The van der Waals surface area contributed by atoms with Gasteiger partial charge in [0.1, 0.15) is 0 Å². The lowest BCUT2D eigenvalue weighted by atomic mass is 9.93. The minimum absolute atomic E-state index is 0.501. The van der Waals surface area contributed by atoms with Gasteiger partial charge in [-0.1, -0.05) is 0 Å². The number of hydrogen-bond donors (Lipinski definition) is 2. The number of aliphatic carboxylic acids is 1. The lowest BCUT2D eigenvalue weighted by Gasteiger charge is -2.26. The second-order valence-electron chi connectivity index (χ2n) is 5.71. The van der Waals surface area contributed by atoms with E-state index in [1.165, 1.54) is 32.4 Å². The molecule has 2 unspecified atom stereocenters. The van der Waals surface area contributed by atoms with Gasteiger partial charge in [-0.15, -0.1) is 0 Å². The van der Waals surface area contributed by atoms with Crippen LogP contribution in [0.1, 0.15) is 33.1 Å². The van der Waals surface area contributed by atoms with Crippen molar-refractivity contribution in [1.82, 2.24) is 10.2 Å². The van der Waals surface area contributed by atoms with Gasteiger partial charge in [0.2, 0.25) is 0 Å². The summed E-state index contributed by atoms with van der Waals surface area (Å²) in [7, 11) is 0. The van der Waals surface area contributed by atoms with Crippen LogP contribution < -0.4 is 5.32 Å². The second kappa shape index (κ2) is 4.34. The fourth-order valence-corrected chi connectivity index (χ4v) is 2.78. The van der Waals surface area contributed by atoms with E-state index in [-0.39, 0.29) is 0 Å². The van der Waals surface area contributed by atoms with Crippen LogP contribution in [0.25, 0.3) is 0 Å². The van der Waals surface area contributed by atoms with E-state index in [0.717, 1.165) is 0 Å². The van der Waals surface area contributed by atoms with Gasteiger partial charge in [-0.3, -0.25) is 9.69 Å². The van der Waals surface area contributed by atoms with Crippen molar-refractivity contribution in [2.45, 2.75) is 45.2 Å². The van der Waals surface area contributed by atoms with Crippen molar-refractivity contribution >= 4 is 5.97 Å². The van der Waals surface area contributed by atoms with Crippen molar-refractivity contribution in [1.29, 1.82) is 0 Å². The minimum atomic E-state index is -0.721. The summed E-state index contributed by atoms with van der Waals surface area (Å²) in [5.74, 6) is -0.721. The van der Waals surface area contributed by atoms with Gasteiger partial charge in [-0.25, -0.2) is 0 Å². The minimum Gasteiger partial charge on any atom is -0.481 e. The molecule has 0 amide bonds. The first kappa shape index (κ1) is 11.9. The maximum atomic E-state index is 11.0. The molecule has 2 aliphatic heterocycles. The smallest absolute Gasteiger partial charge is 0.310 e. The van der Waals surface area contributed by atoms with Crippen LogP contribution in [-0.2, 0) is 4.79 Å². The standard InChI is InChI=1S/C12H22N2O2/c1-12(2,11(15)16)8-13-9-5-7-14-6-3-4-10(9)14/h9-10,13H,3-8H2,1-2H3,(H,15,16). The summed E-state index contributed by atoms with van der Waals surface area (Å²) >= 11 is 0. The molecule has 0 aliphatic carbocycles.